The summed E-state index contributed by atoms with van der Waals surface area (Å²) in [6.45, 7) is -0.272. The Morgan fingerprint density at radius 3 is 2.50 bits per heavy atom. The van der Waals surface area contributed by atoms with Crippen molar-refractivity contribution in [2.75, 3.05) is 12.3 Å². The first-order valence-corrected chi connectivity index (χ1v) is 6.66. The lowest BCUT2D eigenvalue weighted by Gasteiger charge is -2.02. The van der Waals surface area contributed by atoms with Crippen LogP contribution in [0.3, 0.4) is 0 Å². The van der Waals surface area contributed by atoms with Crippen LogP contribution in [0.1, 0.15) is 0 Å². The second kappa shape index (κ2) is 6.15. The standard InChI is InChI=1S/C11H12FNO4S/c12-9(6-7-13-11(14)15)8-18(16,17)10-4-2-1-3-5-10/h1-6,13H,7-8H2,(H,14,15). The van der Waals surface area contributed by atoms with E-state index in [1.165, 1.54) is 12.1 Å². The predicted molar refractivity (Wildman–Crippen MR) is 63.7 cm³/mol. The Morgan fingerprint density at radius 1 is 1.33 bits per heavy atom. The van der Waals surface area contributed by atoms with Gasteiger partial charge in [-0.05, 0) is 18.2 Å². The number of carboxylic acid groups (broad SMARTS) is 1. The highest BCUT2D eigenvalue weighted by molar-refractivity contribution is 7.91. The first-order chi connectivity index (χ1) is 8.42. The first-order valence-electron chi connectivity index (χ1n) is 5.01. The number of hydrogen-bond acceptors (Lipinski definition) is 3. The highest BCUT2D eigenvalue weighted by atomic mass is 32.2. The molecule has 0 radical (unpaired) electrons. The average Bonchev–Trinajstić information content (AvgIpc) is 2.29. The molecule has 5 nitrogen and oxygen atoms in total. The van der Waals surface area contributed by atoms with Gasteiger partial charge in [0.05, 0.1) is 4.90 Å². The molecule has 1 amide bonds. The zero-order valence-electron chi connectivity index (χ0n) is 9.34. The number of halogens is 1. The molecular weight excluding hydrogens is 261 g/mol. The SMILES string of the molecule is O=C(O)NCC=C(F)CS(=O)(=O)c1ccccc1. The molecule has 1 aromatic rings. The fourth-order valence-electron chi connectivity index (χ4n) is 1.20. The lowest BCUT2D eigenvalue weighted by atomic mass is 10.4. The first kappa shape index (κ1) is 14.2. The molecule has 2 N–H and O–H groups in total. The summed E-state index contributed by atoms with van der Waals surface area (Å²) in [5, 5.41) is 10.2. The molecule has 0 saturated carbocycles. The molecule has 0 aliphatic rings. The van der Waals surface area contributed by atoms with Gasteiger partial charge in [-0.15, -0.1) is 0 Å². The summed E-state index contributed by atoms with van der Waals surface area (Å²) in [4.78, 5) is 10.1. The Bertz CT molecular complexity index is 539. The van der Waals surface area contributed by atoms with E-state index in [0.717, 1.165) is 6.08 Å². The van der Waals surface area contributed by atoms with E-state index in [2.05, 4.69) is 0 Å². The van der Waals surface area contributed by atoms with Crippen LogP contribution in [0.5, 0.6) is 0 Å². The van der Waals surface area contributed by atoms with Crippen molar-refractivity contribution in [2.45, 2.75) is 4.90 Å². The van der Waals surface area contributed by atoms with Gasteiger partial charge in [0.1, 0.15) is 11.6 Å². The van der Waals surface area contributed by atoms with Crippen molar-refractivity contribution >= 4 is 15.9 Å². The van der Waals surface area contributed by atoms with E-state index >= 15 is 0 Å². The molecule has 0 bridgehead atoms. The molecule has 0 unspecified atom stereocenters. The lowest BCUT2D eigenvalue weighted by molar-refractivity contribution is 0.195. The normalized spacial score (nSPS) is 12.2. The number of rotatable bonds is 5. The quantitative estimate of drug-likeness (QED) is 0.853. The van der Waals surface area contributed by atoms with Crippen molar-refractivity contribution in [2.24, 2.45) is 0 Å². The van der Waals surface area contributed by atoms with Gasteiger partial charge in [-0.1, -0.05) is 18.2 Å². The van der Waals surface area contributed by atoms with Gasteiger partial charge < -0.3 is 10.4 Å². The van der Waals surface area contributed by atoms with E-state index in [0.29, 0.717) is 0 Å². The summed E-state index contributed by atoms with van der Waals surface area (Å²) in [6, 6.07) is 7.49. The monoisotopic (exact) mass is 273 g/mol. The highest BCUT2D eigenvalue weighted by Crippen LogP contribution is 2.13. The fraction of sp³-hybridized carbons (Fsp3) is 0.182. The molecular formula is C11H12FNO4S. The number of carbonyl (C=O) groups is 1. The van der Waals surface area contributed by atoms with Crippen molar-refractivity contribution in [3.8, 4) is 0 Å². The van der Waals surface area contributed by atoms with Crippen molar-refractivity contribution in [1.29, 1.82) is 0 Å². The van der Waals surface area contributed by atoms with Crippen LogP contribution in [-0.2, 0) is 9.84 Å². The van der Waals surface area contributed by atoms with Crippen molar-refractivity contribution < 1.29 is 22.7 Å². The molecule has 0 aliphatic heterocycles. The van der Waals surface area contributed by atoms with Gasteiger partial charge in [0.25, 0.3) is 0 Å². The summed E-state index contributed by atoms with van der Waals surface area (Å²) in [6.07, 6.45) is -0.417. The summed E-state index contributed by atoms with van der Waals surface area (Å²) in [5.74, 6) is -1.68. The molecule has 0 aromatic heterocycles. The molecule has 0 fully saturated rings. The number of hydrogen-bond donors (Lipinski definition) is 2. The highest BCUT2D eigenvalue weighted by Gasteiger charge is 2.16. The predicted octanol–water partition coefficient (Wildman–Crippen LogP) is 1.58. The summed E-state index contributed by atoms with van der Waals surface area (Å²) >= 11 is 0. The Hall–Kier alpha value is -1.89. The maximum Gasteiger partial charge on any atom is 0.404 e. The molecule has 0 saturated heterocycles. The number of nitrogens with one attached hydrogen (secondary N) is 1. The Morgan fingerprint density at radius 2 is 1.94 bits per heavy atom. The van der Waals surface area contributed by atoms with Crippen LogP contribution in [0.25, 0.3) is 0 Å². The van der Waals surface area contributed by atoms with Crippen LogP contribution in [0.15, 0.2) is 47.1 Å². The second-order valence-corrected chi connectivity index (χ2v) is 5.40. The number of benzene rings is 1. The van der Waals surface area contributed by atoms with Crippen LogP contribution in [0.2, 0.25) is 0 Å². The molecule has 0 atom stereocenters. The van der Waals surface area contributed by atoms with Gasteiger partial charge in [-0.3, -0.25) is 0 Å². The maximum atomic E-state index is 13.3. The van der Waals surface area contributed by atoms with Gasteiger partial charge in [0.2, 0.25) is 0 Å². The summed E-state index contributed by atoms with van der Waals surface area (Å²) < 4.78 is 36.7. The molecule has 18 heavy (non-hydrogen) atoms. The maximum absolute atomic E-state index is 13.3. The van der Waals surface area contributed by atoms with E-state index in [4.69, 9.17) is 5.11 Å². The third-order valence-corrected chi connectivity index (χ3v) is 3.65. The summed E-state index contributed by atoms with van der Waals surface area (Å²) in [5.41, 5.74) is 0. The smallest absolute Gasteiger partial charge is 0.404 e. The van der Waals surface area contributed by atoms with E-state index in [-0.39, 0.29) is 11.4 Å². The van der Waals surface area contributed by atoms with Gasteiger partial charge in [0.15, 0.2) is 9.84 Å². The molecule has 1 aromatic carbocycles. The number of sulfone groups is 1. The molecule has 0 aliphatic carbocycles. The third kappa shape index (κ3) is 4.54. The lowest BCUT2D eigenvalue weighted by Crippen LogP contribution is -2.21. The van der Waals surface area contributed by atoms with E-state index in [1.807, 2.05) is 5.32 Å². The van der Waals surface area contributed by atoms with E-state index < -0.39 is 27.5 Å². The van der Waals surface area contributed by atoms with Crippen LogP contribution in [0, 0.1) is 0 Å². The molecule has 0 spiro atoms. The van der Waals surface area contributed by atoms with E-state index in [9.17, 15) is 17.6 Å². The van der Waals surface area contributed by atoms with Crippen LogP contribution in [0.4, 0.5) is 9.18 Å². The largest absolute Gasteiger partial charge is 0.465 e. The van der Waals surface area contributed by atoms with Gasteiger partial charge in [-0.25, -0.2) is 17.6 Å². The van der Waals surface area contributed by atoms with Gasteiger partial charge in [-0.2, -0.15) is 0 Å². The molecule has 0 heterocycles. The van der Waals surface area contributed by atoms with Gasteiger partial charge >= 0.3 is 6.09 Å². The fourth-order valence-corrected chi connectivity index (χ4v) is 2.42. The Labute approximate surface area is 104 Å². The minimum Gasteiger partial charge on any atom is -0.465 e. The molecule has 1 rings (SSSR count). The van der Waals surface area contributed by atoms with Crippen LogP contribution < -0.4 is 5.32 Å². The topological polar surface area (TPSA) is 83.5 Å². The van der Waals surface area contributed by atoms with Crippen molar-refractivity contribution in [3.63, 3.8) is 0 Å². The zero-order chi connectivity index (χ0) is 13.6. The van der Waals surface area contributed by atoms with Gasteiger partial charge in [0, 0.05) is 6.54 Å². The third-order valence-electron chi connectivity index (χ3n) is 2.01. The Balaban J connectivity index is 2.69. The van der Waals surface area contributed by atoms with E-state index in [1.54, 1.807) is 18.2 Å². The minimum absolute atomic E-state index is 0.0275. The number of amides is 1. The molecule has 7 heteroatoms. The summed E-state index contributed by atoms with van der Waals surface area (Å²) in [7, 11) is -3.73. The van der Waals surface area contributed by atoms with Crippen LogP contribution in [-0.4, -0.2) is 31.9 Å². The Kier molecular flexibility index (Phi) is 4.85. The van der Waals surface area contributed by atoms with Crippen LogP contribution >= 0.6 is 0 Å². The minimum atomic E-state index is -3.73. The zero-order valence-corrected chi connectivity index (χ0v) is 10.2. The van der Waals surface area contributed by atoms with Crippen molar-refractivity contribution in [3.05, 3.63) is 42.2 Å². The molecule has 98 valence electrons. The average molecular weight is 273 g/mol. The van der Waals surface area contributed by atoms with Crippen molar-refractivity contribution in [1.82, 2.24) is 5.32 Å². The second-order valence-electron chi connectivity index (χ2n) is 3.41.